The normalized spacial score (nSPS) is 22.5. The Kier molecular flexibility index (Phi) is 5.14. The number of hydrogen-bond acceptors (Lipinski definition) is 1. The monoisotopic (exact) mass is 237 g/mol. The van der Waals surface area contributed by atoms with E-state index in [1.807, 2.05) is 4.90 Å². The van der Waals surface area contributed by atoms with Gasteiger partial charge in [-0.15, -0.1) is 0 Å². The number of piperidine rings is 1. The molecule has 2 aliphatic rings. The van der Waals surface area contributed by atoms with Crippen LogP contribution in [-0.4, -0.2) is 30.6 Å². The summed E-state index contributed by atoms with van der Waals surface area (Å²) in [6, 6.07) is 0.0421. The molecule has 1 radical (unpaired) electrons. The standard InChI is InChI=1S/C14H25N2O/c17-14(16-11-5-2-6-12-16)15-10-9-13-7-3-1-4-8-13/h13H,1-12H2. The van der Waals surface area contributed by atoms with Gasteiger partial charge in [-0.1, -0.05) is 32.1 Å². The minimum Gasteiger partial charge on any atom is -0.323 e. The topological polar surface area (TPSA) is 34.4 Å². The molecule has 97 valence electrons. The molecule has 1 saturated heterocycles. The van der Waals surface area contributed by atoms with Crippen LogP contribution in [0.4, 0.5) is 4.79 Å². The highest BCUT2D eigenvalue weighted by Crippen LogP contribution is 2.25. The van der Waals surface area contributed by atoms with Crippen molar-refractivity contribution < 1.29 is 4.79 Å². The number of carbonyl (C=O) groups excluding carboxylic acids is 1. The summed E-state index contributed by atoms with van der Waals surface area (Å²) in [7, 11) is 0. The quantitative estimate of drug-likeness (QED) is 0.742. The van der Waals surface area contributed by atoms with Crippen molar-refractivity contribution in [2.75, 3.05) is 19.6 Å². The van der Waals surface area contributed by atoms with E-state index in [2.05, 4.69) is 5.32 Å². The second-order valence-electron chi connectivity index (χ2n) is 5.50. The van der Waals surface area contributed by atoms with Gasteiger partial charge >= 0.3 is 6.03 Å². The molecule has 3 nitrogen and oxygen atoms in total. The largest absolute Gasteiger partial charge is 0.338 e. The first kappa shape index (κ1) is 12.7. The second kappa shape index (κ2) is 6.87. The van der Waals surface area contributed by atoms with E-state index in [1.54, 1.807) is 0 Å². The lowest BCUT2D eigenvalue weighted by Crippen LogP contribution is -2.40. The molecule has 1 heterocycles. The van der Waals surface area contributed by atoms with E-state index in [0.29, 0.717) is 0 Å². The zero-order valence-electron chi connectivity index (χ0n) is 10.9. The van der Waals surface area contributed by atoms with Crippen LogP contribution in [0.3, 0.4) is 0 Å². The van der Waals surface area contributed by atoms with Gasteiger partial charge in [0.15, 0.2) is 0 Å². The maximum Gasteiger partial charge on any atom is 0.338 e. The summed E-state index contributed by atoms with van der Waals surface area (Å²) < 4.78 is 0. The lowest BCUT2D eigenvalue weighted by molar-refractivity contribution is 0.184. The van der Waals surface area contributed by atoms with Gasteiger partial charge in [-0.25, -0.2) is 10.1 Å². The number of amides is 2. The van der Waals surface area contributed by atoms with Gasteiger partial charge in [0.1, 0.15) is 0 Å². The number of nitrogens with zero attached hydrogens (tertiary/aromatic N) is 2. The molecule has 1 aliphatic carbocycles. The minimum absolute atomic E-state index is 0.0421. The lowest BCUT2D eigenvalue weighted by Gasteiger charge is -2.26. The molecule has 0 unspecified atom stereocenters. The molecule has 1 saturated carbocycles. The lowest BCUT2D eigenvalue weighted by atomic mass is 9.87. The molecular formula is C14H25N2O. The average Bonchev–Trinajstić information content (AvgIpc) is 2.41. The molecule has 17 heavy (non-hydrogen) atoms. The molecular weight excluding hydrogens is 212 g/mol. The zero-order valence-corrected chi connectivity index (χ0v) is 10.9. The van der Waals surface area contributed by atoms with Gasteiger partial charge in [-0.2, -0.15) is 0 Å². The van der Waals surface area contributed by atoms with Crippen molar-refractivity contribution in [3.05, 3.63) is 0 Å². The third-order valence-corrected chi connectivity index (χ3v) is 4.14. The van der Waals surface area contributed by atoms with Crippen LogP contribution < -0.4 is 5.32 Å². The van der Waals surface area contributed by atoms with Crippen molar-refractivity contribution in [2.24, 2.45) is 5.92 Å². The molecule has 0 bridgehead atoms. The number of urea groups is 1. The molecule has 2 fully saturated rings. The van der Waals surface area contributed by atoms with Crippen LogP contribution >= 0.6 is 0 Å². The summed E-state index contributed by atoms with van der Waals surface area (Å²) in [5.41, 5.74) is 0. The summed E-state index contributed by atoms with van der Waals surface area (Å²) in [6.45, 7) is 2.59. The molecule has 2 rings (SSSR count). The van der Waals surface area contributed by atoms with Crippen LogP contribution in [0.1, 0.15) is 57.8 Å². The molecule has 0 aromatic rings. The molecule has 1 aliphatic heterocycles. The Balaban J connectivity index is 1.58. The van der Waals surface area contributed by atoms with Gasteiger partial charge in [-0.3, -0.25) is 0 Å². The summed E-state index contributed by atoms with van der Waals surface area (Å²) in [5, 5.41) is 4.23. The van der Waals surface area contributed by atoms with Gasteiger partial charge < -0.3 is 4.90 Å². The third kappa shape index (κ3) is 4.21. The minimum atomic E-state index is 0.0421. The maximum absolute atomic E-state index is 11.8. The number of likely N-dealkylation sites (tertiary alicyclic amines) is 1. The number of rotatable bonds is 3. The van der Waals surface area contributed by atoms with Gasteiger partial charge in [-0.05, 0) is 31.6 Å². The van der Waals surface area contributed by atoms with Crippen LogP contribution in [0.25, 0.3) is 0 Å². The van der Waals surface area contributed by atoms with E-state index in [9.17, 15) is 4.79 Å². The Labute approximate surface area is 105 Å². The Morgan fingerprint density at radius 1 is 1.00 bits per heavy atom. The number of hydrogen-bond donors (Lipinski definition) is 0. The molecule has 0 spiro atoms. The van der Waals surface area contributed by atoms with E-state index in [1.165, 1.54) is 38.5 Å². The third-order valence-electron chi connectivity index (χ3n) is 4.14. The van der Waals surface area contributed by atoms with Gasteiger partial charge in [0, 0.05) is 19.6 Å². The molecule has 0 N–H and O–H groups in total. The maximum atomic E-state index is 11.8. The van der Waals surface area contributed by atoms with Crippen LogP contribution in [0.5, 0.6) is 0 Å². The van der Waals surface area contributed by atoms with Crippen LogP contribution in [-0.2, 0) is 0 Å². The molecule has 0 aromatic carbocycles. The molecule has 2 amide bonds. The highest BCUT2D eigenvalue weighted by molar-refractivity contribution is 5.73. The Morgan fingerprint density at radius 2 is 1.65 bits per heavy atom. The average molecular weight is 237 g/mol. The van der Waals surface area contributed by atoms with Crippen molar-refractivity contribution in [1.82, 2.24) is 10.2 Å². The summed E-state index contributed by atoms with van der Waals surface area (Å²) >= 11 is 0. The fourth-order valence-electron chi connectivity index (χ4n) is 3.00. The highest BCUT2D eigenvalue weighted by Gasteiger charge is 2.18. The fourth-order valence-corrected chi connectivity index (χ4v) is 3.00. The van der Waals surface area contributed by atoms with Crippen LogP contribution in [0, 0.1) is 5.92 Å². The van der Waals surface area contributed by atoms with Gasteiger partial charge in [0.2, 0.25) is 0 Å². The van der Waals surface area contributed by atoms with E-state index >= 15 is 0 Å². The zero-order chi connectivity index (χ0) is 11.9. The Morgan fingerprint density at radius 3 is 2.35 bits per heavy atom. The van der Waals surface area contributed by atoms with Crippen molar-refractivity contribution in [3.63, 3.8) is 0 Å². The van der Waals surface area contributed by atoms with Gasteiger partial charge in [0.05, 0.1) is 0 Å². The molecule has 3 heteroatoms. The van der Waals surface area contributed by atoms with E-state index < -0.39 is 0 Å². The first-order valence-corrected chi connectivity index (χ1v) is 7.32. The van der Waals surface area contributed by atoms with Crippen molar-refractivity contribution in [3.8, 4) is 0 Å². The number of carbonyl (C=O) groups is 1. The SMILES string of the molecule is O=C([N]CCC1CCCCC1)N1CCCCC1. The highest BCUT2D eigenvalue weighted by atomic mass is 16.2. The summed E-state index contributed by atoms with van der Waals surface area (Å²) in [5.74, 6) is 0.835. The van der Waals surface area contributed by atoms with E-state index in [4.69, 9.17) is 0 Å². The summed E-state index contributed by atoms with van der Waals surface area (Å²) in [6.07, 6.45) is 11.6. The Hall–Kier alpha value is -0.730. The van der Waals surface area contributed by atoms with Crippen molar-refractivity contribution in [1.29, 1.82) is 0 Å². The summed E-state index contributed by atoms with van der Waals surface area (Å²) in [4.78, 5) is 13.7. The molecule has 0 aromatic heterocycles. The first-order chi connectivity index (χ1) is 8.36. The predicted octanol–water partition coefficient (Wildman–Crippen LogP) is 3.17. The van der Waals surface area contributed by atoms with Crippen LogP contribution in [0.15, 0.2) is 0 Å². The molecule has 0 atom stereocenters. The van der Waals surface area contributed by atoms with Crippen molar-refractivity contribution >= 4 is 6.03 Å². The van der Waals surface area contributed by atoms with E-state index in [-0.39, 0.29) is 6.03 Å². The van der Waals surface area contributed by atoms with E-state index in [0.717, 1.165) is 44.8 Å². The fraction of sp³-hybridized carbons (Fsp3) is 0.929. The Bertz CT molecular complexity index is 230. The van der Waals surface area contributed by atoms with Crippen molar-refractivity contribution in [2.45, 2.75) is 57.8 Å². The first-order valence-electron chi connectivity index (χ1n) is 7.32. The van der Waals surface area contributed by atoms with Gasteiger partial charge in [0.25, 0.3) is 0 Å². The second-order valence-corrected chi connectivity index (χ2v) is 5.50. The smallest absolute Gasteiger partial charge is 0.323 e. The predicted molar refractivity (Wildman–Crippen MR) is 69.0 cm³/mol. The van der Waals surface area contributed by atoms with Crippen LogP contribution in [0.2, 0.25) is 0 Å².